The van der Waals surface area contributed by atoms with Gasteiger partial charge in [0.2, 0.25) is 10.0 Å². The summed E-state index contributed by atoms with van der Waals surface area (Å²) in [6.45, 7) is 5.14. The Balaban J connectivity index is 2.04. The minimum Gasteiger partial charge on any atom is -0.379 e. The number of benzene rings is 1. The van der Waals surface area contributed by atoms with Crippen molar-refractivity contribution in [1.29, 1.82) is 0 Å². The van der Waals surface area contributed by atoms with E-state index in [1.54, 1.807) is 36.5 Å². The maximum Gasteiger partial charge on any atom is 0.263 e. The Morgan fingerprint density at radius 1 is 1.18 bits per heavy atom. The first-order valence-corrected chi connectivity index (χ1v) is 11.2. The molecular weight excluding hydrogens is 446 g/mol. The highest BCUT2D eigenvalue weighted by molar-refractivity contribution is 9.10. The van der Waals surface area contributed by atoms with Crippen LogP contribution in [0.3, 0.4) is 0 Å². The van der Waals surface area contributed by atoms with Crippen LogP contribution in [0.2, 0.25) is 0 Å². The zero-order chi connectivity index (χ0) is 20.3. The first-order valence-electron chi connectivity index (χ1n) is 8.94. The summed E-state index contributed by atoms with van der Waals surface area (Å²) in [4.78, 5) is 17.6. The standard InChI is InChI=1S/C19H22BrN3O4S/c1-14(2)21-18-5-3-4-8-23(18)19(24)15-6-7-16(20)17(13-15)28(25,26)22-9-11-27-12-10-22/h3-8,13-14H,9-12H2,1-2H3. The number of sulfonamides is 1. The number of pyridine rings is 1. The summed E-state index contributed by atoms with van der Waals surface area (Å²) in [5, 5.41) is 0. The molecular formula is C19H22BrN3O4S. The van der Waals surface area contributed by atoms with Crippen LogP contribution in [-0.4, -0.2) is 55.5 Å². The summed E-state index contributed by atoms with van der Waals surface area (Å²) in [5.74, 6) is -0.342. The van der Waals surface area contributed by atoms with Crippen LogP contribution in [0.1, 0.15) is 24.2 Å². The Labute approximate surface area is 172 Å². The molecule has 7 nitrogen and oxygen atoms in total. The lowest BCUT2D eigenvalue weighted by Crippen LogP contribution is -2.40. The predicted molar refractivity (Wildman–Crippen MR) is 109 cm³/mol. The van der Waals surface area contributed by atoms with E-state index < -0.39 is 10.0 Å². The fraction of sp³-hybridized carbons (Fsp3) is 0.368. The van der Waals surface area contributed by atoms with Crippen LogP contribution in [0.25, 0.3) is 0 Å². The topological polar surface area (TPSA) is 81.0 Å². The van der Waals surface area contributed by atoms with Gasteiger partial charge in [-0.15, -0.1) is 0 Å². The van der Waals surface area contributed by atoms with Crippen molar-refractivity contribution >= 4 is 31.9 Å². The summed E-state index contributed by atoms with van der Waals surface area (Å²) in [6, 6.07) is 9.91. The van der Waals surface area contributed by atoms with Gasteiger partial charge in [-0.25, -0.2) is 8.42 Å². The van der Waals surface area contributed by atoms with E-state index >= 15 is 0 Å². The third-order valence-electron chi connectivity index (χ3n) is 4.21. The third kappa shape index (κ3) is 4.43. The van der Waals surface area contributed by atoms with Gasteiger partial charge in [0.15, 0.2) is 0 Å². The zero-order valence-electron chi connectivity index (χ0n) is 15.7. The van der Waals surface area contributed by atoms with Crippen molar-refractivity contribution < 1.29 is 17.9 Å². The van der Waals surface area contributed by atoms with Crippen LogP contribution in [0.5, 0.6) is 0 Å². The highest BCUT2D eigenvalue weighted by Crippen LogP contribution is 2.27. The number of nitrogens with zero attached hydrogens (tertiary/aromatic N) is 3. The molecule has 0 aliphatic carbocycles. The molecule has 0 N–H and O–H groups in total. The van der Waals surface area contributed by atoms with Gasteiger partial charge in [-0.2, -0.15) is 4.31 Å². The Hall–Kier alpha value is -1.81. The number of carbonyl (C=O) groups excluding carboxylic acids is 1. The summed E-state index contributed by atoms with van der Waals surface area (Å²) in [6.07, 6.45) is 1.63. The third-order valence-corrected chi connectivity index (χ3v) is 7.11. The zero-order valence-corrected chi connectivity index (χ0v) is 18.1. The van der Waals surface area contributed by atoms with Gasteiger partial charge in [-0.05, 0) is 60.1 Å². The van der Waals surface area contributed by atoms with Crippen molar-refractivity contribution in [2.24, 2.45) is 4.99 Å². The van der Waals surface area contributed by atoms with Crippen molar-refractivity contribution in [2.75, 3.05) is 26.3 Å². The number of aromatic nitrogens is 1. The largest absolute Gasteiger partial charge is 0.379 e. The number of rotatable bonds is 4. The van der Waals surface area contributed by atoms with Crippen molar-refractivity contribution in [1.82, 2.24) is 8.87 Å². The van der Waals surface area contributed by atoms with Crippen LogP contribution >= 0.6 is 15.9 Å². The molecule has 0 amide bonds. The average molecular weight is 468 g/mol. The lowest BCUT2D eigenvalue weighted by molar-refractivity contribution is 0.0730. The van der Waals surface area contributed by atoms with E-state index in [1.807, 2.05) is 13.8 Å². The first-order chi connectivity index (χ1) is 13.3. The predicted octanol–water partition coefficient (Wildman–Crippen LogP) is 2.27. The molecule has 1 aromatic heterocycles. The number of ether oxygens (including phenoxy) is 1. The minimum atomic E-state index is -3.74. The summed E-state index contributed by atoms with van der Waals surface area (Å²) in [7, 11) is -3.74. The Kier molecular flexibility index (Phi) is 6.49. The molecule has 150 valence electrons. The molecule has 1 aliphatic heterocycles. The normalized spacial score (nSPS) is 16.5. The number of morpholine rings is 1. The van der Waals surface area contributed by atoms with Gasteiger partial charge >= 0.3 is 0 Å². The quantitative estimate of drug-likeness (QED) is 0.690. The smallest absolute Gasteiger partial charge is 0.263 e. The molecule has 0 unspecified atom stereocenters. The van der Waals surface area contributed by atoms with E-state index in [2.05, 4.69) is 20.9 Å². The van der Waals surface area contributed by atoms with Gasteiger partial charge in [0.1, 0.15) is 5.49 Å². The Bertz CT molecular complexity index is 1040. The first kappa shape index (κ1) is 20.9. The van der Waals surface area contributed by atoms with Crippen LogP contribution in [-0.2, 0) is 14.8 Å². The second-order valence-electron chi connectivity index (χ2n) is 6.62. The lowest BCUT2D eigenvalue weighted by Gasteiger charge is -2.26. The molecule has 1 fully saturated rings. The summed E-state index contributed by atoms with van der Waals surface area (Å²) < 4.78 is 34.5. The highest BCUT2D eigenvalue weighted by Gasteiger charge is 2.29. The van der Waals surface area contributed by atoms with E-state index in [4.69, 9.17) is 4.74 Å². The fourth-order valence-corrected chi connectivity index (χ4v) is 5.23. The molecule has 0 radical (unpaired) electrons. The van der Waals surface area contributed by atoms with Crippen molar-refractivity contribution in [3.63, 3.8) is 0 Å². The van der Waals surface area contributed by atoms with Crippen LogP contribution in [0, 0.1) is 0 Å². The molecule has 0 saturated carbocycles. The molecule has 0 spiro atoms. The number of hydrogen-bond donors (Lipinski definition) is 0. The Morgan fingerprint density at radius 2 is 1.89 bits per heavy atom. The van der Waals surface area contributed by atoms with Crippen LogP contribution in [0.4, 0.5) is 0 Å². The fourth-order valence-electron chi connectivity index (χ4n) is 2.87. The van der Waals surface area contributed by atoms with E-state index in [9.17, 15) is 13.2 Å². The second kappa shape index (κ2) is 8.69. The molecule has 1 aliphatic rings. The summed E-state index contributed by atoms with van der Waals surface area (Å²) >= 11 is 3.31. The molecule has 3 rings (SSSR count). The van der Waals surface area contributed by atoms with Gasteiger partial charge in [-0.1, -0.05) is 6.07 Å². The lowest BCUT2D eigenvalue weighted by atomic mass is 10.2. The van der Waals surface area contributed by atoms with Gasteiger partial charge in [0.25, 0.3) is 5.91 Å². The average Bonchev–Trinajstić information content (AvgIpc) is 2.68. The molecule has 2 aromatic rings. The molecule has 9 heteroatoms. The number of halogens is 1. The molecule has 28 heavy (non-hydrogen) atoms. The minimum absolute atomic E-state index is 0.0172. The van der Waals surface area contributed by atoms with Gasteiger partial charge in [0.05, 0.1) is 18.1 Å². The Morgan fingerprint density at radius 3 is 2.57 bits per heavy atom. The molecule has 0 bridgehead atoms. The van der Waals surface area contributed by atoms with Crippen LogP contribution < -0.4 is 5.49 Å². The highest BCUT2D eigenvalue weighted by atomic mass is 79.9. The van der Waals surface area contributed by atoms with Gasteiger partial charge < -0.3 is 4.74 Å². The number of carbonyl (C=O) groups is 1. The maximum atomic E-state index is 13.1. The van der Waals surface area contributed by atoms with Crippen molar-refractivity contribution in [3.8, 4) is 0 Å². The van der Waals surface area contributed by atoms with E-state index in [0.717, 1.165) is 0 Å². The van der Waals surface area contributed by atoms with Gasteiger partial charge in [0, 0.05) is 35.4 Å². The van der Waals surface area contributed by atoms with Crippen molar-refractivity contribution in [2.45, 2.75) is 24.8 Å². The van der Waals surface area contributed by atoms with E-state index in [-0.39, 0.29) is 35.5 Å². The molecule has 1 aromatic carbocycles. The number of hydrogen-bond acceptors (Lipinski definition) is 5. The molecule has 2 heterocycles. The summed E-state index contributed by atoms with van der Waals surface area (Å²) in [5.41, 5.74) is 0.787. The monoisotopic (exact) mass is 467 g/mol. The van der Waals surface area contributed by atoms with E-state index in [1.165, 1.54) is 14.9 Å². The molecule has 1 saturated heterocycles. The molecule has 0 atom stereocenters. The van der Waals surface area contributed by atoms with E-state index in [0.29, 0.717) is 23.2 Å². The van der Waals surface area contributed by atoms with Crippen LogP contribution in [0.15, 0.2) is 57.0 Å². The SMILES string of the molecule is CC(C)N=c1ccccn1C(=O)c1ccc(Br)c(S(=O)(=O)N2CCOCC2)c1. The van der Waals surface area contributed by atoms with Gasteiger partial charge in [-0.3, -0.25) is 14.4 Å². The van der Waals surface area contributed by atoms with Crippen molar-refractivity contribution in [3.05, 3.63) is 58.1 Å². The maximum absolute atomic E-state index is 13.1. The second-order valence-corrected chi connectivity index (χ2v) is 9.38.